The molecule has 1 aliphatic carbocycles. The summed E-state index contributed by atoms with van der Waals surface area (Å²) < 4.78 is 11.2. The van der Waals surface area contributed by atoms with Crippen LogP contribution in [0.5, 0.6) is 11.5 Å². The summed E-state index contributed by atoms with van der Waals surface area (Å²) >= 11 is 5.93. The van der Waals surface area contributed by atoms with E-state index in [2.05, 4.69) is 37.6 Å². The fourth-order valence-corrected chi connectivity index (χ4v) is 4.42. The lowest BCUT2D eigenvalue weighted by atomic mass is 9.95. The molecule has 2 aromatic carbocycles. The van der Waals surface area contributed by atoms with Crippen molar-refractivity contribution in [2.24, 2.45) is 5.92 Å². The number of ether oxygens (including phenoxy) is 2. The lowest BCUT2D eigenvalue weighted by Crippen LogP contribution is -3.03. The number of halogens is 1. The highest BCUT2D eigenvalue weighted by molar-refractivity contribution is 6.30. The molecule has 6 nitrogen and oxygen atoms in total. The first-order valence-electron chi connectivity index (χ1n) is 13.6. The summed E-state index contributed by atoms with van der Waals surface area (Å²) in [5.41, 5.74) is 1.70. The minimum atomic E-state index is -0.447. The van der Waals surface area contributed by atoms with Crippen molar-refractivity contribution in [3.63, 3.8) is 0 Å². The maximum atomic E-state index is 12.2. The number of hydrogen-bond donors (Lipinski definition) is 2. The summed E-state index contributed by atoms with van der Waals surface area (Å²) in [7, 11) is 4.23. The van der Waals surface area contributed by atoms with Gasteiger partial charge >= 0.3 is 5.97 Å². The van der Waals surface area contributed by atoms with E-state index >= 15 is 0 Å². The Kier molecular flexibility index (Phi) is 12.4. The predicted octanol–water partition coefficient (Wildman–Crippen LogP) is 5.39. The van der Waals surface area contributed by atoms with Crippen molar-refractivity contribution >= 4 is 23.5 Å². The van der Waals surface area contributed by atoms with Crippen molar-refractivity contribution in [3.05, 3.63) is 83.0 Å². The molecule has 0 aromatic heterocycles. The van der Waals surface area contributed by atoms with Gasteiger partial charge in [-0.05, 0) is 79.8 Å². The molecule has 1 aliphatic rings. The summed E-state index contributed by atoms with van der Waals surface area (Å²) in [6, 6.07) is 13.7. The van der Waals surface area contributed by atoms with E-state index in [1.165, 1.54) is 10.6 Å². The number of rotatable bonds is 15. The van der Waals surface area contributed by atoms with Gasteiger partial charge in [-0.25, -0.2) is 4.79 Å². The Hall–Kier alpha value is -3.09. The molecule has 204 valence electrons. The molecule has 0 aliphatic heterocycles. The van der Waals surface area contributed by atoms with Crippen LogP contribution in [-0.2, 0) is 4.79 Å². The molecule has 38 heavy (non-hydrogen) atoms. The number of likely N-dealkylation sites (N-methyl/N-ethyl adjacent to an activating group) is 1. The minimum Gasteiger partial charge on any atom is -0.494 e. The first kappa shape index (κ1) is 29.5. The monoisotopic (exact) mass is 539 g/mol. The van der Waals surface area contributed by atoms with Gasteiger partial charge in [0.15, 0.2) is 0 Å². The first-order valence-corrected chi connectivity index (χ1v) is 13.9. The van der Waals surface area contributed by atoms with Crippen molar-refractivity contribution in [3.8, 4) is 11.5 Å². The highest BCUT2D eigenvalue weighted by Crippen LogP contribution is 2.20. The summed E-state index contributed by atoms with van der Waals surface area (Å²) in [5, 5.41) is 3.56. The normalized spacial score (nSPS) is 14.7. The summed E-state index contributed by atoms with van der Waals surface area (Å²) in [6.07, 6.45) is 14.6. The third-order valence-electron chi connectivity index (χ3n) is 6.47. The molecular weight excluding hydrogens is 500 g/mol. The number of benzene rings is 2. The zero-order chi connectivity index (χ0) is 27.2. The van der Waals surface area contributed by atoms with E-state index in [1.54, 1.807) is 48.5 Å². The van der Waals surface area contributed by atoms with Crippen molar-refractivity contribution in [1.82, 2.24) is 5.32 Å². The molecule has 1 amide bonds. The number of hydrogen-bond acceptors (Lipinski definition) is 4. The molecule has 0 spiro atoms. The van der Waals surface area contributed by atoms with Crippen LogP contribution in [0.3, 0.4) is 0 Å². The first-order chi connectivity index (χ1) is 18.4. The van der Waals surface area contributed by atoms with Gasteiger partial charge in [0, 0.05) is 18.0 Å². The summed E-state index contributed by atoms with van der Waals surface area (Å²) in [4.78, 5) is 25.7. The maximum Gasteiger partial charge on any atom is 0.343 e. The molecule has 0 saturated heterocycles. The zero-order valence-electron chi connectivity index (χ0n) is 22.5. The second kappa shape index (κ2) is 16.0. The van der Waals surface area contributed by atoms with Gasteiger partial charge in [0.25, 0.3) is 0 Å². The Morgan fingerprint density at radius 1 is 0.974 bits per heavy atom. The third-order valence-corrected chi connectivity index (χ3v) is 6.71. The molecular formula is C31H40ClN2O4+. The van der Waals surface area contributed by atoms with Crippen LogP contribution in [0.15, 0.2) is 72.5 Å². The van der Waals surface area contributed by atoms with Crippen LogP contribution >= 0.6 is 11.6 Å². The Bertz CT molecular complexity index is 1100. The van der Waals surface area contributed by atoms with Crippen LogP contribution < -0.4 is 19.7 Å². The average molecular weight is 540 g/mol. The van der Waals surface area contributed by atoms with Crippen LogP contribution in [0.2, 0.25) is 5.02 Å². The number of unbranched alkanes of at least 4 members (excludes halogenated alkanes) is 5. The van der Waals surface area contributed by atoms with Crippen LogP contribution in [0.1, 0.15) is 61.7 Å². The molecule has 0 fully saturated rings. The van der Waals surface area contributed by atoms with Crippen LogP contribution in [0, 0.1) is 5.92 Å². The number of carbonyl (C=O) groups excluding carboxylic acids is 2. The van der Waals surface area contributed by atoms with Gasteiger partial charge in [-0.3, -0.25) is 4.79 Å². The lowest BCUT2D eigenvalue weighted by Gasteiger charge is -2.17. The standard InChI is InChI=1S/C31H39ClN2O4/c1-34(2)27-14-12-24(13-15-27)22-30(35)33-20-7-5-3-4-6-8-21-37-28-16-18-29(19-17-28)38-31(36)25-10-9-11-26(32)23-25/h9-12,14-19,23-24H,3-8,13,20-22H2,1-2H3,(H,33,35)/p+1. The Morgan fingerprint density at radius 3 is 2.37 bits per heavy atom. The molecule has 0 bridgehead atoms. The number of nitrogens with one attached hydrogen (secondary N) is 2. The highest BCUT2D eigenvalue weighted by Gasteiger charge is 2.15. The average Bonchev–Trinajstić information content (AvgIpc) is 2.91. The van der Waals surface area contributed by atoms with E-state index in [-0.39, 0.29) is 5.91 Å². The predicted molar refractivity (Wildman–Crippen MR) is 152 cm³/mol. The smallest absolute Gasteiger partial charge is 0.343 e. The molecule has 0 heterocycles. The Morgan fingerprint density at radius 2 is 1.68 bits per heavy atom. The molecule has 0 radical (unpaired) electrons. The van der Waals surface area contributed by atoms with Crippen molar-refractivity contribution in [2.45, 2.75) is 51.4 Å². The van der Waals surface area contributed by atoms with E-state index in [9.17, 15) is 9.59 Å². The molecule has 2 aromatic rings. The molecule has 3 rings (SSSR count). The molecule has 2 N–H and O–H groups in total. The minimum absolute atomic E-state index is 0.151. The SMILES string of the molecule is C[NH+](C)C1=CCC(CC(=O)NCCCCCCCCOc2ccc(OC(=O)c3cccc(Cl)c3)cc2)C=C1. The van der Waals surface area contributed by atoms with Crippen LogP contribution in [0.25, 0.3) is 0 Å². The van der Waals surface area contributed by atoms with Crippen molar-refractivity contribution in [2.75, 3.05) is 27.2 Å². The van der Waals surface area contributed by atoms with Gasteiger partial charge in [0.05, 0.1) is 26.3 Å². The van der Waals surface area contributed by atoms with Crippen molar-refractivity contribution < 1.29 is 24.0 Å². The lowest BCUT2D eigenvalue weighted by molar-refractivity contribution is -0.813. The number of quaternary nitrogens is 1. The summed E-state index contributed by atoms with van der Waals surface area (Å²) in [6.45, 7) is 1.41. The van der Waals surface area contributed by atoms with Gasteiger partial charge in [-0.1, -0.05) is 49.4 Å². The van der Waals surface area contributed by atoms with Crippen molar-refractivity contribution in [1.29, 1.82) is 0 Å². The van der Waals surface area contributed by atoms with Gasteiger partial charge < -0.3 is 19.7 Å². The number of amides is 1. The fourth-order valence-electron chi connectivity index (χ4n) is 4.23. The fraction of sp³-hybridized carbons (Fsp3) is 0.419. The number of allylic oxidation sites excluding steroid dienone is 3. The Balaban J connectivity index is 1.17. The maximum absolute atomic E-state index is 12.2. The second-order valence-corrected chi connectivity index (χ2v) is 10.3. The van der Waals surface area contributed by atoms with E-state index in [0.717, 1.165) is 57.2 Å². The number of esters is 1. The quantitative estimate of drug-likeness (QED) is 0.181. The van der Waals surface area contributed by atoms with Gasteiger partial charge in [0.2, 0.25) is 5.91 Å². The summed E-state index contributed by atoms with van der Waals surface area (Å²) in [5.74, 6) is 1.23. The van der Waals surface area contributed by atoms with Gasteiger partial charge in [-0.15, -0.1) is 0 Å². The zero-order valence-corrected chi connectivity index (χ0v) is 23.3. The van der Waals surface area contributed by atoms with E-state index in [4.69, 9.17) is 21.1 Å². The van der Waals surface area contributed by atoms with Crippen LogP contribution in [-0.4, -0.2) is 39.1 Å². The van der Waals surface area contributed by atoms with E-state index in [1.807, 2.05) is 0 Å². The molecule has 1 unspecified atom stereocenters. The largest absolute Gasteiger partial charge is 0.494 e. The highest BCUT2D eigenvalue weighted by atomic mass is 35.5. The molecule has 1 atom stereocenters. The van der Waals surface area contributed by atoms with E-state index in [0.29, 0.717) is 35.3 Å². The van der Waals surface area contributed by atoms with Crippen LogP contribution in [0.4, 0.5) is 0 Å². The second-order valence-electron chi connectivity index (χ2n) is 9.91. The third kappa shape index (κ3) is 10.7. The van der Waals surface area contributed by atoms with E-state index < -0.39 is 5.97 Å². The molecule has 0 saturated carbocycles. The number of carbonyl (C=O) groups is 2. The molecule has 7 heteroatoms. The topological polar surface area (TPSA) is 69.1 Å². The Labute approximate surface area is 231 Å². The van der Waals surface area contributed by atoms with Gasteiger partial charge in [0.1, 0.15) is 17.2 Å². The van der Waals surface area contributed by atoms with Gasteiger partial charge in [-0.2, -0.15) is 0 Å².